The summed E-state index contributed by atoms with van der Waals surface area (Å²) < 4.78 is 5.30. The summed E-state index contributed by atoms with van der Waals surface area (Å²) in [4.78, 5) is 30.3. The van der Waals surface area contributed by atoms with E-state index in [1.165, 1.54) is 0 Å². The predicted octanol–water partition coefficient (Wildman–Crippen LogP) is 2.19. The fraction of sp³-hybridized carbons (Fsp3) is 0.350. The number of methoxy groups -OCH3 is 1. The average Bonchev–Trinajstić information content (AvgIpc) is 2.73. The maximum atomic E-state index is 12.4. The third kappa shape index (κ3) is 4.97. The Labute approximate surface area is 158 Å². The Morgan fingerprint density at radius 2 is 1.96 bits per heavy atom. The first-order valence-corrected chi connectivity index (χ1v) is 9.03. The molecule has 1 aromatic carbocycles. The summed E-state index contributed by atoms with van der Waals surface area (Å²) in [6.07, 6.45) is 4.65. The molecule has 1 saturated heterocycles. The summed E-state index contributed by atoms with van der Waals surface area (Å²) in [5.41, 5.74) is 1.49. The number of hydrogen-bond acceptors (Lipinski definition) is 4. The number of amides is 3. The predicted molar refractivity (Wildman–Crippen MR) is 102 cm³/mol. The molecule has 1 aliphatic heterocycles. The Morgan fingerprint density at radius 3 is 2.67 bits per heavy atom. The van der Waals surface area contributed by atoms with Crippen LogP contribution in [0.3, 0.4) is 0 Å². The minimum absolute atomic E-state index is 0.0657. The molecule has 1 aliphatic rings. The van der Waals surface area contributed by atoms with Crippen molar-refractivity contribution in [2.24, 2.45) is 0 Å². The first-order chi connectivity index (χ1) is 13.2. The summed E-state index contributed by atoms with van der Waals surface area (Å²) in [5, 5.41) is 5.95. The van der Waals surface area contributed by atoms with E-state index in [0.29, 0.717) is 25.2 Å². The zero-order valence-electron chi connectivity index (χ0n) is 15.4. The van der Waals surface area contributed by atoms with Gasteiger partial charge in [0.15, 0.2) is 0 Å². The number of nitrogens with one attached hydrogen (secondary N) is 2. The SMILES string of the molecule is COc1ccccc1CNC(=O)N1CCC(NC(=O)c2cccnc2)CC1. The van der Waals surface area contributed by atoms with Gasteiger partial charge in [-0.05, 0) is 31.0 Å². The van der Waals surface area contributed by atoms with E-state index in [1.807, 2.05) is 24.3 Å². The van der Waals surface area contributed by atoms with Crippen LogP contribution < -0.4 is 15.4 Å². The van der Waals surface area contributed by atoms with E-state index >= 15 is 0 Å². The molecular formula is C20H24N4O3. The molecule has 0 unspecified atom stereocenters. The summed E-state index contributed by atoms with van der Waals surface area (Å²) in [5.74, 6) is 0.636. The molecule has 1 fully saturated rings. The van der Waals surface area contributed by atoms with Crippen LogP contribution in [-0.2, 0) is 6.54 Å². The lowest BCUT2D eigenvalue weighted by atomic mass is 10.0. The van der Waals surface area contributed by atoms with Gasteiger partial charge in [0.2, 0.25) is 0 Å². The normalized spacial score (nSPS) is 14.5. The van der Waals surface area contributed by atoms with Crippen LogP contribution in [0.25, 0.3) is 0 Å². The molecule has 3 rings (SSSR count). The van der Waals surface area contributed by atoms with Gasteiger partial charge in [-0.3, -0.25) is 9.78 Å². The van der Waals surface area contributed by atoms with Crippen molar-refractivity contribution in [3.8, 4) is 5.75 Å². The fourth-order valence-electron chi connectivity index (χ4n) is 3.12. The van der Waals surface area contributed by atoms with Gasteiger partial charge in [-0.2, -0.15) is 0 Å². The molecule has 7 heteroatoms. The van der Waals surface area contributed by atoms with Crippen LogP contribution in [-0.4, -0.2) is 48.1 Å². The van der Waals surface area contributed by atoms with Crippen LogP contribution in [0.4, 0.5) is 4.79 Å². The van der Waals surface area contributed by atoms with E-state index in [9.17, 15) is 9.59 Å². The van der Waals surface area contributed by atoms with Crippen molar-refractivity contribution in [2.75, 3.05) is 20.2 Å². The first kappa shape index (κ1) is 18.7. The highest BCUT2D eigenvalue weighted by atomic mass is 16.5. The highest BCUT2D eigenvalue weighted by Gasteiger charge is 2.24. The number of carbonyl (C=O) groups excluding carboxylic acids is 2. The first-order valence-electron chi connectivity index (χ1n) is 9.03. The van der Waals surface area contributed by atoms with Crippen LogP contribution in [0.2, 0.25) is 0 Å². The summed E-state index contributed by atoms with van der Waals surface area (Å²) >= 11 is 0. The summed E-state index contributed by atoms with van der Waals surface area (Å²) in [6.45, 7) is 1.63. The Bertz CT molecular complexity index is 774. The van der Waals surface area contributed by atoms with Crippen LogP contribution in [0.5, 0.6) is 5.75 Å². The number of aromatic nitrogens is 1. The lowest BCUT2D eigenvalue weighted by Gasteiger charge is -2.32. The van der Waals surface area contributed by atoms with Gasteiger partial charge in [-0.15, -0.1) is 0 Å². The maximum absolute atomic E-state index is 12.4. The number of rotatable bonds is 5. The lowest BCUT2D eigenvalue weighted by Crippen LogP contribution is -2.49. The molecule has 0 atom stereocenters. The zero-order chi connectivity index (χ0) is 19.1. The van der Waals surface area contributed by atoms with Crippen molar-refractivity contribution in [3.05, 3.63) is 59.9 Å². The van der Waals surface area contributed by atoms with Crippen molar-refractivity contribution in [3.63, 3.8) is 0 Å². The minimum atomic E-state index is -0.123. The number of likely N-dealkylation sites (tertiary alicyclic amines) is 1. The van der Waals surface area contributed by atoms with E-state index in [1.54, 1.807) is 36.5 Å². The van der Waals surface area contributed by atoms with Crippen LogP contribution in [0, 0.1) is 0 Å². The van der Waals surface area contributed by atoms with Crippen LogP contribution >= 0.6 is 0 Å². The Hall–Kier alpha value is -3.09. The van der Waals surface area contributed by atoms with E-state index in [0.717, 1.165) is 24.2 Å². The van der Waals surface area contributed by atoms with Crippen molar-refractivity contribution < 1.29 is 14.3 Å². The molecule has 0 spiro atoms. The second kappa shape index (κ2) is 9.02. The highest BCUT2D eigenvalue weighted by Crippen LogP contribution is 2.17. The van der Waals surface area contributed by atoms with Crippen molar-refractivity contribution in [1.82, 2.24) is 20.5 Å². The number of carbonyl (C=O) groups is 2. The number of pyridine rings is 1. The lowest BCUT2D eigenvalue weighted by molar-refractivity contribution is 0.0917. The minimum Gasteiger partial charge on any atom is -0.496 e. The third-order valence-corrected chi connectivity index (χ3v) is 4.66. The average molecular weight is 368 g/mol. The molecule has 0 aliphatic carbocycles. The number of urea groups is 1. The number of ether oxygens (including phenoxy) is 1. The van der Waals surface area contributed by atoms with Gasteiger partial charge in [0.25, 0.3) is 5.91 Å². The van der Waals surface area contributed by atoms with Gasteiger partial charge in [0.1, 0.15) is 5.75 Å². The van der Waals surface area contributed by atoms with Crippen LogP contribution in [0.1, 0.15) is 28.8 Å². The fourth-order valence-corrected chi connectivity index (χ4v) is 3.12. The monoisotopic (exact) mass is 368 g/mol. The molecule has 3 amide bonds. The largest absolute Gasteiger partial charge is 0.496 e. The standard InChI is InChI=1S/C20H24N4O3/c1-27-18-7-3-2-5-15(18)14-22-20(26)24-11-8-17(9-12-24)23-19(25)16-6-4-10-21-13-16/h2-7,10,13,17H,8-9,11-12,14H2,1H3,(H,22,26)(H,23,25). The second-order valence-electron chi connectivity index (χ2n) is 6.45. The van der Waals surface area contributed by atoms with Crippen molar-refractivity contribution in [2.45, 2.75) is 25.4 Å². The second-order valence-corrected chi connectivity index (χ2v) is 6.45. The summed E-state index contributed by atoms with van der Waals surface area (Å²) in [7, 11) is 1.62. The number of nitrogens with zero attached hydrogens (tertiary/aromatic N) is 2. The molecule has 2 N–H and O–H groups in total. The molecule has 2 aromatic rings. The molecule has 2 heterocycles. The quantitative estimate of drug-likeness (QED) is 0.847. The molecule has 27 heavy (non-hydrogen) atoms. The van der Waals surface area contributed by atoms with Gasteiger partial charge < -0.3 is 20.3 Å². The maximum Gasteiger partial charge on any atom is 0.317 e. The highest BCUT2D eigenvalue weighted by molar-refractivity contribution is 5.94. The molecule has 142 valence electrons. The molecule has 7 nitrogen and oxygen atoms in total. The topological polar surface area (TPSA) is 83.6 Å². The smallest absolute Gasteiger partial charge is 0.317 e. The molecule has 0 bridgehead atoms. The van der Waals surface area contributed by atoms with E-state index in [4.69, 9.17) is 4.74 Å². The Morgan fingerprint density at radius 1 is 1.19 bits per heavy atom. The summed E-state index contributed by atoms with van der Waals surface area (Å²) in [6, 6.07) is 11.1. The number of hydrogen-bond donors (Lipinski definition) is 2. The number of para-hydroxylation sites is 1. The van der Waals surface area contributed by atoms with Gasteiger partial charge in [0, 0.05) is 43.6 Å². The van der Waals surface area contributed by atoms with E-state index in [2.05, 4.69) is 15.6 Å². The van der Waals surface area contributed by atoms with Gasteiger partial charge in [-0.1, -0.05) is 18.2 Å². The van der Waals surface area contributed by atoms with Gasteiger partial charge >= 0.3 is 6.03 Å². The molecule has 0 saturated carbocycles. The molecule has 0 radical (unpaired) electrons. The third-order valence-electron chi connectivity index (χ3n) is 4.66. The molecular weight excluding hydrogens is 344 g/mol. The van der Waals surface area contributed by atoms with E-state index < -0.39 is 0 Å². The van der Waals surface area contributed by atoms with Gasteiger partial charge in [0.05, 0.1) is 12.7 Å². The zero-order valence-corrected chi connectivity index (χ0v) is 15.4. The van der Waals surface area contributed by atoms with Crippen molar-refractivity contribution in [1.29, 1.82) is 0 Å². The Kier molecular flexibility index (Phi) is 6.25. The van der Waals surface area contributed by atoms with Crippen LogP contribution in [0.15, 0.2) is 48.8 Å². The number of piperidine rings is 1. The Balaban J connectivity index is 1.44. The molecule has 1 aromatic heterocycles. The van der Waals surface area contributed by atoms with E-state index in [-0.39, 0.29) is 18.0 Å². The number of benzene rings is 1. The van der Waals surface area contributed by atoms with Crippen molar-refractivity contribution >= 4 is 11.9 Å². The van der Waals surface area contributed by atoms with Gasteiger partial charge in [-0.25, -0.2) is 4.79 Å².